The molecule has 2 atom stereocenters. The zero-order valence-electron chi connectivity index (χ0n) is 22.9. The topological polar surface area (TPSA) is 117 Å². The van der Waals surface area contributed by atoms with E-state index in [9.17, 15) is 9.59 Å². The normalized spacial score (nSPS) is 19.4. The lowest BCUT2D eigenvalue weighted by Gasteiger charge is -2.36. The number of nitrogens with one attached hydrogen (secondary N) is 1. The molecule has 4 aromatic rings. The lowest BCUT2D eigenvalue weighted by Crippen LogP contribution is -2.46. The highest BCUT2D eigenvalue weighted by Crippen LogP contribution is 2.45. The van der Waals surface area contributed by atoms with E-state index in [1.807, 2.05) is 24.3 Å². The molecular weight excluding hydrogens is 581 g/mol. The maximum atomic E-state index is 13.1. The number of fused-ring (bicyclic) bond motifs is 2. The standard InChI is InChI=1S/C30H27Cl2N5O5/c1-3-41-28(38)21-8-9-25(33-17(21)2)22-10-18(31)11-24(32)27(22)42-14-19-13-37(36-35-19)20-12-30(16-40-15-20)23-6-4-5-7-26(23)34-29(30)39/h4-11,13,20H,3,12,14-16H2,1-2H3,(H,34,39). The van der Waals surface area contributed by atoms with Crippen molar-refractivity contribution < 1.29 is 23.8 Å². The van der Waals surface area contributed by atoms with Crippen molar-refractivity contribution in [1.29, 1.82) is 0 Å². The number of hydrogen-bond acceptors (Lipinski definition) is 8. The van der Waals surface area contributed by atoms with Gasteiger partial charge >= 0.3 is 5.97 Å². The number of carbonyl (C=O) groups is 2. The zero-order chi connectivity index (χ0) is 29.4. The molecule has 0 bridgehead atoms. The molecule has 1 fully saturated rings. The summed E-state index contributed by atoms with van der Waals surface area (Å²) in [7, 11) is 0. The van der Waals surface area contributed by atoms with E-state index in [1.165, 1.54) is 0 Å². The van der Waals surface area contributed by atoms with Gasteiger partial charge in [0.15, 0.2) is 0 Å². The van der Waals surface area contributed by atoms with Crippen LogP contribution < -0.4 is 10.1 Å². The molecule has 1 N–H and O–H groups in total. The van der Waals surface area contributed by atoms with Gasteiger partial charge in [-0.25, -0.2) is 9.48 Å². The van der Waals surface area contributed by atoms with E-state index in [0.717, 1.165) is 11.3 Å². The van der Waals surface area contributed by atoms with Crippen LogP contribution in [0.2, 0.25) is 10.0 Å². The second-order valence-corrected chi connectivity index (χ2v) is 11.1. The van der Waals surface area contributed by atoms with Crippen LogP contribution in [0.5, 0.6) is 5.75 Å². The predicted molar refractivity (Wildman–Crippen MR) is 156 cm³/mol. The number of anilines is 1. The van der Waals surface area contributed by atoms with Crippen LogP contribution in [0.4, 0.5) is 5.69 Å². The number of hydrogen-bond donors (Lipinski definition) is 1. The van der Waals surface area contributed by atoms with Crippen LogP contribution in [0.15, 0.2) is 54.7 Å². The average Bonchev–Trinajstić information content (AvgIpc) is 3.55. The van der Waals surface area contributed by atoms with Gasteiger partial charge < -0.3 is 19.5 Å². The lowest BCUT2D eigenvalue weighted by atomic mass is 9.76. The first-order chi connectivity index (χ1) is 20.3. The number of esters is 1. The Labute approximate surface area is 251 Å². The van der Waals surface area contributed by atoms with Crippen molar-refractivity contribution >= 4 is 40.8 Å². The van der Waals surface area contributed by atoms with E-state index in [4.69, 9.17) is 37.4 Å². The number of amides is 1. The van der Waals surface area contributed by atoms with Gasteiger partial charge in [0, 0.05) is 16.3 Å². The molecular formula is C30H27Cl2N5O5. The predicted octanol–water partition coefficient (Wildman–Crippen LogP) is 5.56. The van der Waals surface area contributed by atoms with Gasteiger partial charge in [-0.05, 0) is 56.2 Å². The maximum Gasteiger partial charge on any atom is 0.339 e. The highest BCUT2D eigenvalue weighted by molar-refractivity contribution is 6.36. The van der Waals surface area contributed by atoms with Gasteiger partial charge in [-0.2, -0.15) is 0 Å². The number of carbonyl (C=O) groups excluding carboxylic acids is 2. The number of pyridine rings is 1. The summed E-state index contributed by atoms with van der Waals surface area (Å²) in [6.07, 6.45) is 2.31. The Hall–Kier alpha value is -3.99. The fourth-order valence-electron chi connectivity index (χ4n) is 5.52. The molecule has 1 spiro atoms. The minimum Gasteiger partial charge on any atom is -0.485 e. The molecule has 0 aliphatic carbocycles. The molecule has 1 saturated heterocycles. The zero-order valence-corrected chi connectivity index (χ0v) is 24.4. The van der Waals surface area contributed by atoms with Gasteiger partial charge in [0.1, 0.15) is 23.5 Å². The third kappa shape index (κ3) is 5.10. The minimum absolute atomic E-state index is 0.0658. The van der Waals surface area contributed by atoms with Crippen LogP contribution in [0.1, 0.15) is 46.7 Å². The monoisotopic (exact) mass is 607 g/mol. The van der Waals surface area contributed by atoms with Crippen molar-refractivity contribution in [3.63, 3.8) is 0 Å². The van der Waals surface area contributed by atoms with Crippen LogP contribution in [0.25, 0.3) is 11.3 Å². The quantitative estimate of drug-likeness (QED) is 0.271. The Morgan fingerprint density at radius 1 is 1.21 bits per heavy atom. The number of benzene rings is 2. The van der Waals surface area contributed by atoms with Gasteiger partial charge in [-0.1, -0.05) is 46.6 Å². The molecule has 6 rings (SSSR count). The van der Waals surface area contributed by atoms with Crippen LogP contribution in [0, 0.1) is 6.92 Å². The van der Waals surface area contributed by atoms with Crippen molar-refractivity contribution in [3.8, 4) is 17.0 Å². The van der Waals surface area contributed by atoms with E-state index in [-0.39, 0.29) is 25.2 Å². The highest BCUT2D eigenvalue weighted by Gasteiger charge is 2.50. The number of nitrogens with zero attached hydrogens (tertiary/aromatic N) is 4. The minimum atomic E-state index is -0.776. The first kappa shape index (κ1) is 28.1. The number of para-hydroxylation sites is 1. The Bertz CT molecular complexity index is 1690. The van der Waals surface area contributed by atoms with Crippen molar-refractivity contribution in [3.05, 3.63) is 87.3 Å². The Morgan fingerprint density at radius 2 is 2.05 bits per heavy atom. The largest absolute Gasteiger partial charge is 0.485 e. The Morgan fingerprint density at radius 3 is 2.86 bits per heavy atom. The molecule has 0 radical (unpaired) electrons. The molecule has 216 valence electrons. The van der Waals surface area contributed by atoms with Crippen LogP contribution in [-0.2, 0) is 26.3 Å². The second kappa shape index (κ2) is 11.4. The number of halogens is 2. The van der Waals surface area contributed by atoms with Gasteiger partial charge in [-0.3, -0.25) is 9.78 Å². The van der Waals surface area contributed by atoms with E-state index in [2.05, 4.69) is 20.6 Å². The van der Waals surface area contributed by atoms with Crippen LogP contribution in [0.3, 0.4) is 0 Å². The molecule has 0 saturated carbocycles. The molecule has 10 nitrogen and oxygen atoms in total. The molecule has 2 unspecified atom stereocenters. The van der Waals surface area contributed by atoms with E-state index in [1.54, 1.807) is 49.0 Å². The number of rotatable bonds is 7. The van der Waals surface area contributed by atoms with Crippen LogP contribution in [-0.4, -0.2) is 51.7 Å². The second-order valence-electron chi connectivity index (χ2n) is 10.2. The summed E-state index contributed by atoms with van der Waals surface area (Å²) >= 11 is 12.9. The third-order valence-electron chi connectivity index (χ3n) is 7.53. The molecule has 2 aromatic carbocycles. The lowest BCUT2D eigenvalue weighted by molar-refractivity contribution is -0.127. The fraction of sp³-hybridized carbons (Fsp3) is 0.300. The van der Waals surface area contributed by atoms with E-state index >= 15 is 0 Å². The molecule has 1 amide bonds. The van der Waals surface area contributed by atoms with Gasteiger partial charge in [0.2, 0.25) is 5.91 Å². The molecule has 2 aromatic heterocycles. The van der Waals surface area contributed by atoms with Gasteiger partial charge in [0.25, 0.3) is 0 Å². The molecule has 12 heteroatoms. The SMILES string of the molecule is CCOC(=O)c1ccc(-c2cc(Cl)cc(Cl)c2OCc2cn(C3COCC4(C3)C(=O)Nc3ccccc34)nn2)nc1C. The maximum absolute atomic E-state index is 13.1. The molecule has 4 heterocycles. The summed E-state index contributed by atoms with van der Waals surface area (Å²) < 4.78 is 18.9. The van der Waals surface area contributed by atoms with Gasteiger partial charge in [0.05, 0.1) is 54.0 Å². The molecule has 2 aliphatic heterocycles. The number of aryl methyl sites for hydroxylation is 1. The molecule has 2 aliphatic rings. The number of ether oxygens (including phenoxy) is 3. The van der Waals surface area contributed by atoms with E-state index < -0.39 is 11.4 Å². The van der Waals surface area contributed by atoms with Crippen molar-refractivity contribution in [2.75, 3.05) is 25.1 Å². The first-order valence-electron chi connectivity index (χ1n) is 13.5. The van der Waals surface area contributed by atoms with Crippen molar-refractivity contribution in [2.24, 2.45) is 0 Å². The summed E-state index contributed by atoms with van der Waals surface area (Å²) in [6, 6.07) is 14.1. The Balaban J connectivity index is 1.21. The number of aromatic nitrogens is 4. The van der Waals surface area contributed by atoms with Crippen LogP contribution >= 0.6 is 23.2 Å². The average molecular weight is 608 g/mol. The van der Waals surface area contributed by atoms with Gasteiger partial charge in [-0.15, -0.1) is 5.10 Å². The summed E-state index contributed by atoms with van der Waals surface area (Å²) in [4.78, 5) is 29.9. The third-order valence-corrected chi connectivity index (χ3v) is 8.03. The summed E-state index contributed by atoms with van der Waals surface area (Å²) in [6.45, 7) is 4.52. The van der Waals surface area contributed by atoms with Crippen molar-refractivity contribution in [1.82, 2.24) is 20.0 Å². The summed E-state index contributed by atoms with van der Waals surface area (Å²) in [5.41, 5.74) is 3.51. The summed E-state index contributed by atoms with van der Waals surface area (Å²) in [5, 5.41) is 12.3. The summed E-state index contributed by atoms with van der Waals surface area (Å²) in [5.74, 6) is -0.142. The van der Waals surface area contributed by atoms with E-state index in [0.29, 0.717) is 63.6 Å². The Kier molecular flexibility index (Phi) is 7.61. The molecule has 42 heavy (non-hydrogen) atoms. The highest BCUT2D eigenvalue weighted by atomic mass is 35.5. The van der Waals surface area contributed by atoms with Crippen molar-refractivity contribution in [2.45, 2.75) is 38.3 Å². The smallest absolute Gasteiger partial charge is 0.339 e. The fourth-order valence-corrected chi connectivity index (χ4v) is 6.06. The first-order valence-corrected chi connectivity index (χ1v) is 14.2.